The molecule has 4 saturated heterocycles. The number of allylic oxidation sites excluding steroid dienone is 2. The number of carbonyl (C=O) groups is 2. The molecular weight excluding hydrogens is 1070 g/mol. The summed E-state index contributed by atoms with van der Waals surface area (Å²) in [5.74, 6) is -3.20. The van der Waals surface area contributed by atoms with Crippen molar-refractivity contribution in [2.45, 2.75) is 236 Å². The highest BCUT2D eigenvalue weighted by Crippen LogP contribution is 2.46. The molecule has 8 fully saturated rings. The van der Waals surface area contributed by atoms with Gasteiger partial charge in [-0.15, -0.1) is 0 Å². The van der Waals surface area contributed by atoms with E-state index in [1.165, 1.54) is 26.4 Å². The van der Waals surface area contributed by atoms with Crippen molar-refractivity contribution >= 4 is 11.9 Å². The van der Waals surface area contributed by atoms with Gasteiger partial charge in [0.05, 0.1) is 73.8 Å². The van der Waals surface area contributed by atoms with Crippen LogP contribution >= 0.6 is 0 Å². The maximum atomic E-state index is 13.1. The molecule has 458 valence electrons. The van der Waals surface area contributed by atoms with Crippen LogP contribution < -0.4 is 0 Å². The van der Waals surface area contributed by atoms with Gasteiger partial charge < -0.3 is 124 Å². The molecule has 80 heavy (non-hydrogen) atoms. The molecule has 27 nitrogen and oxygen atoms in total. The zero-order valence-corrected chi connectivity index (χ0v) is 44.8. The number of methoxy groups -OCH3 is 2. The maximum absolute atomic E-state index is 13.1. The molecule has 0 radical (unpaired) electrons. The van der Waals surface area contributed by atoms with Gasteiger partial charge in [0, 0.05) is 38.7 Å². The summed E-state index contributed by atoms with van der Waals surface area (Å²) in [6.45, 7) is -2.08. The molecule has 8 aliphatic rings. The lowest BCUT2D eigenvalue weighted by molar-refractivity contribution is -0.380. The van der Waals surface area contributed by atoms with Crippen molar-refractivity contribution in [3.63, 3.8) is 0 Å². The van der Waals surface area contributed by atoms with Crippen molar-refractivity contribution in [1.29, 1.82) is 0 Å². The Bertz CT molecular complexity index is 2020. The summed E-state index contributed by atoms with van der Waals surface area (Å²) in [5, 5.41) is 152. The molecule has 0 aromatic carbocycles. The summed E-state index contributed by atoms with van der Waals surface area (Å²) in [5.41, 5.74) is 0. The van der Waals surface area contributed by atoms with Crippen molar-refractivity contribution in [2.75, 3.05) is 34.0 Å². The average molecular weight is 1150 g/mol. The van der Waals surface area contributed by atoms with Gasteiger partial charge in [-0.05, 0) is 88.4 Å². The lowest BCUT2D eigenvalue weighted by Crippen LogP contribution is -2.66. The Morgan fingerprint density at radius 3 is 1.57 bits per heavy atom. The van der Waals surface area contributed by atoms with Gasteiger partial charge in [-0.25, -0.2) is 9.59 Å². The van der Waals surface area contributed by atoms with Gasteiger partial charge >= 0.3 is 11.9 Å². The van der Waals surface area contributed by atoms with Crippen LogP contribution in [0.4, 0.5) is 0 Å². The Labute approximate surface area is 462 Å². The first kappa shape index (κ1) is 63.5. The van der Waals surface area contributed by atoms with Crippen molar-refractivity contribution < 1.29 is 133 Å². The summed E-state index contributed by atoms with van der Waals surface area (Å²) in [6.07, 6.45) is -26.9. The van der Waals surface area contributed by atoms with Crippen LogP contribution in [0.15, 0.2) is 24.3 Å². The molecule has 4 aliphatic carbocycles. The first-order chi connectivity index (χ1) is 38.2. The highest BCUT2D eigenvalue weighted by atomic mass is 16.8. The Balaban J connectivity index is 1.04. The molecule has 8 rings (SSSR count). The first-order valence-electron chi connectivity index (χ1n) is 28.0. The fraction of sp³-hybridized carbons (Fsp3) is 0.887. The Kier molecular flexibility index (Phi) is 22.7. The molecule has 14 N–H and O–H groups in total. The lowest BCUT2D eigenvalue weighted by atomic mass is 9.72. The van der Waals surface area contributed by atoms with Crippen molar-refractivity contribution in [1.82, 2.24) is 0 Å². The number of fused-ring (bicyclic) bond motifs is 1. The van der Waals surface area contributed by atoms with Gasteiger partial charge in [0.25, 0.3) is 0 Å². The SMILES string of the molecule is COC1CC(C=CC(=O)OC[C@H]2O[C@@H](O[C@H]3[C@H](OC4CC5C(CC(O)CC5O[C@@H]5O[C@H](CO)[C@@H](O)[C@H](O)[C@H]5O)OC4C4CCC(O)C(OC)C4)O[C@H](COC(=O)C=CC4CCC(O)C(O)C4)[C@@H](O)[C@@H]3O)[C@H](O)[C@@H](O)[C@@H]2O)CCC1O. The third kappa shape index (κ3) is 15.1. The average Bonchev–Trinajstić information content (AvgIpc) is 3.58. The van der Waals surface area contributed by atoms with E-state index >= 15 is 0 Å². The minimum Gasteiger partial charge on any atom is -0.460 e. The van der Waals surface area contributed by atoms with E-state index in [1.54, 1.807) is 6.08 Å². The fourth-order valence-electron chi connectivity index (χ4n) is 12.7. The molecule has 4 heterocycles. The topological polar surface area (TPSA) is 419 Å². The zero-order chi connectivity index (χ0) is 57.7. The van der Waals surface area contributed by atoms with E-state index in [-0.39, 0.29) is 50.4 Å². The van der Waals surface area contributed by atoms with E-state index in [0.717, 1.165) is 6.08 Å². The molecule has 0 spiro atoms. The van der Waals surface area contributed by atoms with Crippen LogP contribution in [0, 0.1) is 23.7 Å². The minimum atomic E-state index is -2.05. The number of rotatable bonds is 18. The number of aliphatic hydroxyl groups is 14. The van der Waals surface area contributed by atoms with Crippen LogP contribution in [0.3, 0.4) is 0 Å². The second-order valence-electron chi connectivity index (χ2n) is 22.9. The van der Waals surface area contributed by atoms with Crippen LogP contribution in [0.2, 0.25) is 0 Å². The lowest BCUT2D eigenvalue weighted by Gasteiger charge is -2.53. The smallest absolute Gasteiger partial charge is 0.330 e. The molecule has 15 unspecified atom stereocenters. The molecule has 0 aromatic rings. The van der Waals surface area contributed by atoms with Gasteiger partial charge in [-0.2, -0.15) is 0 Å². The molecule has 4 saturated carbocycles. The van der Waals surface area contributed by atoms with Gasteiger partial charge in [0.1, 0.15) is 86.5 Å². The van der Waals surface area contributed by atoms with Crippen molar-refractivity contribution in [2.24, 2.45) is 23.7 Å². The Morgan fingerprint density at radius 1 is 0.463 bits per heavy atom. The summed E-state index contributed by atoms with van der Waals surface area (Å²) in [6, 6.07) is 0. The highest BCUT2D eigenvalue weighted by molar-refractivity contribution is 5.82. The first-order valence-corrected chi connectivity index (χ1v) is 28.0. The number of carbonyl (C=O) groups excluding carboxylic acids is 2. The normalized spacial score (nSPS) is 48.6. The molecule has 4 aliphatic heterocycles. The van der Waals surface area contributed by atoms with Crippen LogP contribution in [-0.2, 0) is 61.7 Å². The summed E-state index contributed by atoms with van der Waals surface area (Å²) < 4.78 is 66.0. The van der Waals surface area contributed by atoms with Crippen LogP contribution in [0.1, 0.15) is 77.0 Å². The number of aliphatic hydroxyl groups excluding tert-OH is 14. The van der Waals surface area contributed by atoms with E-state index in [1.807, 2.05) is 0 Å². The third-order valence-corrected chi connectivity index (χ3v) is 17.5. The fourth-order valence-corrected chi connectivity index (χ4v) is 12.7. The van der Waals surface area contributed by atoms with Gasteiger partial charge in [-0.1, -0.05) is 12.2 Å². The number of hydrogen-bond donors (Lipinski definition) is 14. The maximum Gasteiger partial charge on any atom is 0.330 e. The van der Waals surface area contributed by atoms with Crippen LogP contribution in [-0.4, -0.2) is 277 Å². The molecule has 0 bridgehead atoms. The summed E-state index contributed by atoms with van der Waals surface area (Å²) in [4.78, 5) is 26.0. The number of ether oxygens (including phenoxy) is 11. The minimum absolute atomic E-state index is 0.00836. The molecule has 0 amide bonds. The number of hydrogen-bond acceptors (Lipinski definition) is 27. The second-order valence-corrected chi connectivity index (χ2v) is 22.9. The number of esters is 2. The van der Waals surface area contributed by atoms with Crippen LogP contribution in [0.5, 0.6) is 0 Å². The monoisotopic (exact) mass is 1150 g/mol. The quantitative estimate of drug-likeness (QED) is 0.0452. The summed E-state index contributed by atoms with van der Waals surface area (Å²) in [7, 11) is 2.93. The highest BCUT2D eigenvalue weighted by Gasteiger charge is 2.56. The van der Waals surface area contributed by atoms with E-state index in [4.69, 9.17) is 52.1 Å². The Morgan fingerprint density at radius 2 is 0.975 bits per heavy atom. The van der Waals surface area contributed by atoms with Crippen molar-refractivity contribution in [3.05, 3.63) is 24.3 Å². The standard InChI is InChI=1S/C53H84O27/c1-70-33-14-23(4-9-28(33)57)6-12-40(61)72-20-37-42(63)45(66)48(69)52(78-37)80-50-46(67)43(64)38(21-73-39(60)11-5-22-3-8-27(56)30(59)13-22)79-53(50)76-35-18-26-31(74-49(35)24-7-10-29(58)34(15-24)71-2)16-25(55)17-32(26)75-51-47(68)44(65)41(62)36(19-54)77-51/h5-6,11-12,22-38,41-59,62-69H,3-4,7-10,13-21H2,1-2H3/t22?,23?,24?,25?,26?,27?,28?,29?,30?,31?,32?,33?,34?,35?,36-,37-,38-,41-,42-,43-,44+,45+,46+,47-,48-,49?,50-,51-,52+,53-/m1/s1. The van der Waals surface area contributed by atoms with Gasteiger partial charge in [0.2, 0.25) is 0 Å². The third-order valence-electron chi connectivity index (χ3n) is 17.5. The van der Waals surface area contributed by atoms with Gasteiger partial charge in [0.15, 0.2) is 18.9 Å². The second kappa shape index (κ2) is 28.6. The largest absolute Gasteiger partial charge is 0.460 e. The van der Waals surface area contributed by atoms with E-state index < -0.39 is 203 Å². The van der Waals surface area contributed by atoms with E-state index in [0.29, 0.717) is 38.5 Å². The molecule has 27 heteroatoms. The molecule has 30 atom stereocenters. The molecular formula is C53H84O27. The van der Waals surface area contributed by atoms with E-state index in [2.05, 4.69) is 0 Å². The predicted molar refractivity (Wildman–Crippen MR) is 266 cm³/mol. The van der Waals surface area contributed by atoms with Crippen molar-refractivity contribution in [3.8, 4) is 0 Å². The van der Waals surface area contributed by atoms with Gasteiger partial charge in [-0.3, -0.25) is 0 Å². The van der Waals surface area contributed by atoms with Crippen LogP contribution in [0.25, 0.3) is 0 Å². The van der Waals surface area contributed by atoms with E-state index in [9.17, 15) is 81.1 Å². The summed E-state index contributed by atoms with van der Waals surface area (Å²) >= 11 is 0. The predicted octanol–water partition coefficient (Wildman–Crippen LogP) is -4.80. The Hall–Kier alpha value is -2.50. The molecule has 0 aromatic heterocycles. The zero-order valence-electron chi connectivity index (χ0n) is 44.8.